The summed E-state index contributed by atoms with van der Waals surface area (Å²) >= 11 is 0. The summed E-state index contributed by atoms with van der Waals surface area (Å²) in [6, 6.07) is 3.84. The molecule has 0 aliphatic carbocycles. The first kappa shape index (κ1) is 24.4. The highest BCUT2D eigenvalue weighted by molar-refractivity contribution is 5.99. The van der Waals surface area contributed by atoms with Crippen molar-refractivity contribution in [3.8, 4) is 11.4 Å². The molecule has 0 aliphatic rings. The predicted octanol–water partition coefficient (Wildman–Crippen LogP) is 0.0754. The van der Waals surface area contributed by atoms with Crippen molar-refractivity contribution in [3.05, 3.63) is 47.8 Å². The second kappa shape index (κ2) is 10.4. The van der Waals surface area contributed by atoms with E-state index in [-0.39, 0.29) is 11.1 Å². The van der Waals surface area contributed by atoms with E-state index in [0.717, 1.165) is 14.1 Å². The van der Waals surface area contributed by atoms with Crippen LogP contribution in [0.3, 0.4) is 0 Å². The number of rotatable bonds is 7. The molecule has 0 bridgehead atoms. The van der Waals surface area contributed by atoms with Crippen LogP contribution in [-0.4, -0.2) is 80.3 Å². The van der Waals surface area contributed by atoms with Crippen molar-refractivity contribution in [2.75, 3.05) is 14.1 Å². The Balaban J connectivity index is 2.20. The monoisotopic (exact) mass is 444 g/mol. The minimum Gasteiger partial charge on any atom is -0.340 e. The summed E-state index contributed by atoms with van der Waals surface area (Å²) in [7, 11) is 2.31. The van der Waals surface area contributed by atoms with E-state index in [1.165, 1.54) is 50.5 Å². The zero-order valence-electron chi connectivity index (χ0n) is 17.9. The van der Waals surface area contributed by atoms with E-state index >= 15 is 0 Å². The molecular weight excluding hydrogens is 420 g/mol. The third kappa shape index (κ3) is 6.06. The Kier molecular flexibility index (Phi) is 7.93. The fraction of sp³-hybridized carbons (Fsp3) is 0.300. The molecule has 2 rings (SSSR count). The van der Waals surface area contributed by atoms with Gasteiger partial charge in [0.2, 0.25) is 0 Å². The molecule has 0 aromatic carbocycles. The molecule has 2 unspecified atom stereocenters. The summed E-state index contributed by atoms with van der Waals surface area (Å²) in [6.07, 6.45) is 2.75. The number of hydroxylamine groups is 4. The topological polar surface area (TPSA) is 165 Å². The van der Waals surface area contributed by atoms with Crippen molar-refractivity contribution in [1.29, 1.82) is 0 Å². The number of pyridine rings is 2. The van der Waals surface area contributed by atoms with E-state index in [2.05, 4.69) is 20.6 Å². The lowest BCUT2D eigenvalue weighted by molar-refractivity contribution is -0.161. The fourth-order valence-electron chi connectivity index (χ4n) is 2.67. The molecule has 12 nitrogen and oxygen atoms in total. The van der Waals surface area contributed by atoms with Crippen LogP contribution in [0.25, 0.3) is 11.4 Å². The van der Waals surface area contributed by atoms with E-state index in [9.17, 15) is 29.6 Å². The van der Waals surface area contributed by atoms with Crippen molar-refractivity contribution in [2.45, 2.75) is 25.9 Å². The van der Waals surface area contributed by atoms with Gasteiger partial charge in [-0.05, 0) is 38.1 Å². The number of aromatic nitrogens is 2. The average Bonchev–Trinajstić information content (AvgIpc) is 2.77. The molecule has 0 aliphatic heterocycles. The lowest BCUT2D eigenvalue weighted by Crippen LogP contribution is -2.44. The minimum atomic E-state index is -0.957. The highest BCUT2D eigenvalue weighted by Gasteiger charge is 2.21. The first-order valence-electron chi connectivity index (χ1n) is 9.48. The quantitative estimate of drug-likeness (QED) is 0.344. The van der Waals surface area contributed by atoms with Crippen LogP contribution in [0.4, 0.5) is 0 Å². The Bertz CT molecular complexity index is 944. The molecule has 0 saturated carbocycles. The van der Waals surface area contributed by atoms with Crippen LogP contribution in [0, 0.1) is 0 Å². The molecular formula is C20H24N6O6. The van der Waals surface area contributed by atoms with Gasteiger partial charge in [0.15, 0.2) is 0 Å². The maximum atomic E-state index is 12.4. The van der Waals surface area contributed by atoms with Crippen LogP contribution in [0.2, 0.25) is 0 Å². The van der Waals surface area contributed by atoms with Gasteiger partial charge in [0, 0.05) is 37.6 Å². The number of nitrogens with zero attached hydrogens (tertiary/aromatic N) is 4. The molecule has 0 fully saturated rings. The SMILES string of the molecule is CC(NC(=O)c1ccnc(-c2cc(C(=O)NC(C)C(=O)N(C)O)ccn2)c1)C(=O)N(C)O. The molecule has 32 heavy (non-hydrogen) atoms. The van der Waals surface area contributed by atoms with E-state index in [1.54, 1.807) is 0 Å². The van der Waals surface area contributed by atoms with E-state index in [1.807, 2.05) is 0 Å². The molecule has 2 aromatic heterocycles. The third-order valence-electron chi connectivity index (χ3n) is 4.38. The van der Waals surface area contributed by atoms with E-state index in [4.69, 9.17) is 0 Å². The Morgan fingerprint density at radius 2 is 1.12 bits per heavy atom. The number of hydrogen-bond donors (Lipinski definition) is 4. The number of likely N-dealkylation sites (N-methyl/N-ethyl adjacent to an activating group) is 2. The molecule has 4 N–H and O–H groups in total. The van der Waals surface area contributed by atoms with Gasteiger partial charge < -0.3 is 10.6 Å². The first-order chi connectivity index (χ1) is 15.0. The first-order valence-corrected chi connectivity index (χ1v) is 9.48. The Morgan fingerprint density at radius 3 is 1.44 bits per heavy atom. The summed E-state index contributed by atoms with van der Waals surface area (Å²) in [5, 5.41) is 24.1. The molecule has 0 spiro atoms. The number of amides is 4. The van der Waals surface area contributed by atoms with Gasteiger partial charge in [-0.15, -0.1) is 0 Å². The molecule has 2 aromatic rings. The average molecular weight is 444 g/mol. The second-order valence-electron chi connectivity index (χ2n) is 6.97. The highest BCUT2D eigenvalue weighted by Crippen LogP contribution is 2.17. The normalized spacial score (nSPS) is 12.3. The van der Waals surface area contributed by atoms with Crippen LogP contribution in [0.15, 0.2) is 36.7 Å². The van der Waals surface area contributed by atoms with Crippen molar-refractivity contribution >= 4 is 23.6 Å². The van der Waals surface area contributed by atoms with Gasteiger partial charge in [-0.2, -0.15) is 0 Å². The maximum absolute atomic E-state index is 12.4. The largest absolute Gasteiger partial charge is 0.340 e. The molecule has 12 heteroatoms. The lowest BCUT2D eigenvalue weighted by atomic mass is 10.1. The van der Waals surface area contributed by atoms with Crippen molar-refractivity contribution in [3.63, 3.8) is 0 Å². The van der Waals surface area contributed by atoms with Crippen LogP contribution in [0.1, 0.15) is 34.6 Å². The molecule has 0 saturated heterocycles. The zero-order valence-corrected chi connectivity index (χ0v) is 17.9. The lowest BCUT2D eigenvalue weighted by Gasteiger charge is -2.17. The van der Waals surface area contributed by atoms with Crippen LogP contribution >= 0.6 is 0 Å². The smallest absolute Gasteiger partial charge is 0.267 e. The zero-order chi connectivity index (χ0) is 24.0. The van der Waals surface area contributed by atoms with Gasteiger partial charge >= 0.3 is 0 Å². The van der Waals surface area contributed by atoms with Gasteiger partial charge in [0.25, 0.3) is 23.6 Å². The number of carbonyl (C=O) groups is 4. The van der Waals surface area contributed by atoms with Gasteiger partial charge in [-0.1, -0.05) is 0 Å². The van der Waals surface area contributed by atoms with Gasteiger partial charge in [-0.25, -0.2) is 10.1 Å². The summed E-state index contributed by atoms with van der Waals surface area (Å²) < 4.78 is 0. The number of hydrogen-bond acceptors (Lipinski definition) is 8. The molecule has 4 amide bonds. The van der Waals surface area contributed by atoms with Crippen molar-refractivity contribution < 1.29 is 29.6 Å². The molecule has 0 radical (unpaired) electrons. The predicted molar refractivity (Wildman–Crippen MR) is 110 cm³/mol. The summed E-state index contributed by atoms with van der Waals surface area (Å²) in [5.41, 5.74) is 0.976. The molecule has 2 heterocycles. The summed E-state index contributed by atoms with van der Waals surface area (Å²) in [6.45, 7) is 2.86. The van der Waals surface area contributed by atoms with Crippen LogP contribution in [0.5, 0.6) is 0 Å². The van der Waals surface area contributed by atoms with Gasteiger partial charge in [-0.3, -0.25) is 39.6 Å². The van der Waals surface area contributed by atoms with E-state index < -0.39 is 35.7 Å². The minimum absolute atomic E-state index is 0.192. The Labute approximate surface area is 183 Å². The molecule has 2 atom stereocenters. The Hall–Kier alpha value is -3.90. The third-order valence-corrected chi connectivity index (χ3v) is 4.38. The maximum Gasteiger partial charge on any atom is 0.267 e. The van der Waals surface area contributed by atoms with Crippen LogP contribution < -0.4 is 10.6 Å². The van der Waals surface area contributed by atoms with Gasteiger partial charge in [0.05, 0.1) is 11.4 Å². The van der Waals surface area contributed by atoms with Crippen molar-refractivity contribution in [2.24, 2.45) is 0 Å². The summed E-state index contributed by atoms with van der Waals surface area (Å²) in [5.74, 6) is -2.50. The fourth-order valence-corrected chi connectivity index (χ4v) is 2.67. The Morgan fingerprint density at radius 1 is 0.781 bits per heavy atom. The van der Waals surface area contributed by atoms with Crippen LogP contribution in [-0.2, 0) is 9.59 Å². The highest BCUT2D eigenvalue weighted by atomic mass is 16.5. The second-order valence-corrected chi connectivity index (χ2v) is 6.97. The number of nitrogens with one attached hydrogen (secondary N) is 2. The van der Waals surface area contributed by atoms with Crippen molar-refractivity contribution in [1.82, 2.24) is 30.7 Å². The molecule has 170 valence electrons. The van der Waals surface area contributed by atoms with Gasteiger partial charge in [0.1, 0.15) is 12.1 Å². The number of carbonyl (C=O) groups excluding carboxylic acids is 4. The summed E-state index contributed by atoms with van der Waals surface area (Å²) in [4.78, 5) is 56.7. The van der Waals surface area contributed by atoms with E-state index in [0.29, 0.717) is 21.5 Å². The standard InChI is InChI=1S/C20H24N6O6/c1-11(19(29)25(3)31)23-17(27)13-5-7-21-15(9-13)16-10-14(6-8-22-16)18(28)24-12(2)20(30)26(4)32/h5-12,31-32H,1-4H3,(H,23,27)(H,24,28).